The molecule has 0 aliphatic rings. The highest BCUT2D eigenvalue weighted by molar-refractivity contribution is 5.87. The van der Waals surface area contributed by atoms with E-state index in [1.807, 2.05) is 20.8 Å². The summed E-state index contributed by atoms with van der Waals surface area (Å²) in [7, 11) is 1.69. The summed E-state index contributed by atoms with van der Waals surface area (Å²) in [5, 5.41) is 11.9. The van der Waals surface area contributed by atoms with Crippen LogP contribution in [0.25, 0.3) is 0 Å². The van der Waals surface area contributed by atoms with Crippen molar-refractivity contribution in [2.45, 2.75) is 39.3 Å². The summed E-state index contributed by atoms with van der Waals surface area (Å²) in [6.07, 6.45) is 1.63. The molecule has 1 aromatic heterocycles. The van der Waals surface area contributed by atoms with Crippen molar-refractivity contribution in [1.29, 1.82) is 0 Å². The molecular formula is C15H24N2O5. The molecule has 0 aromatic carbocycles. The highest BCUT2D eigenvalue weighted by Crippen LogP contribution is 2.09. The third-order valence-electron chi connectivity index (χ3n) is 2.75. The summed E-state index contributed by atoms with van der Waals surface area (Å²) in [5.74, 6) is -0.438. The minimum Gasteiger partial charge on any atom is -0.478 e. The Kier molecular flexibility index (Phi) is 6.42. The first-order chi connectivity index (χ1) is 10.2. The topological polar surface area (TPSA) is 92.0 Å². The number of carbonyl (C=O) groups excluding carboxylic acids is 1. The molecular weight excluding hydrogens is 288 g/mol. The Hall–Kier alpha value is -2.02. The maximum absolute atomic E-state index is 11.7. The fourth-order valence-corrected chi connectivity index (χ4v) is 1.67. The highest BCUT2D eigenvalue weighted by atomic mass is 16.6. The van der Waals surface area contributed by atoms with Gasteiger partial charge in [0.25, 0.3) is 0 Å². The van der Waals surface area contributed by atoms with Crippen LogP contribution in [0.5, 0.6) is 0 Å². The van der Waals surface area contributed by atoms with Crippen LogP contribution in [0.2, 0.25) is 0 Å². The lowest BCUT2D eigenvalue weighted by Gasteiger charge is -2.24. The molecule has 0 atom stereocenters. The Balaban J connectivity index is 2.19. The molecule has 0 saturated heterocycles. The Labute approximate surface area is 130 Å². The third-order valence-corrected chi connectivity index (χ3v) is 2.75. The van der Waals surface area contributed by atoms with E-state index in [2.05, 4.69) is 5.32 Å². The van der Waals surface area contributed by atoms with Crippen LogP contribution in [0.4, 0.5) is 4.79 Å². The first-order valence-electron chi connectivity index (χ1n) is 7.14. The average molecular weight is 312 g/mol. The maximum atomic E-state index is 11.7. The Morgan fingerprint density at radius 3 is 2.64 bits per heavy atom. The van der Waals surface area contributed by atoms with Gasteiger partial charge in [-0.2, -0.15) is 0 Å². The van der Waals surface area contributed by atoms with Crippen LogP contribution in [0, 0.1) is 0 Å². The lowest BCUT2D eigenvalue weighted by atomic mass is 10.2. The predicted molar refractivity (Wildman–Crippen MR) is 80.9 cm³/mol. The normalized spacial score (nSPS) is 11.3. The predicted octanol–water partition coefficient (Wildman–Crippen LogP) is 2.32. The number of nitrogens with zero attached hydrogens (tertiary/aromatic N) is 1. The molecule has 0 aliphatic carbocycles. The van der Waals surface area contributed by atoms with E-state index in [-0.39, 0.29) is 11.7 Å². The zero-order valence-electron chi connectivity index (χ0n) is 13.5. The molecule has 0 aliphatic heterocycles. The van der Waals surface area contributed by atoms with E-state index in [0.29, 0.717) is 25.4 Å². The summed E-state index contributed by atoms with van der Waals surface area (Å²) >= 11 is 0. The van der Waals surface area contributed by atoms with Gasteiger partial charge in [0, 0.05) is 13.6 Å². The van der Waals surface area contributed by atoms with Crippen LogP contribution in [-0.4, -0.2) is 47.8 Å². The number of carbonyl (C=O) groups is 2. The van der Waals surface area contributed by atoms with Gasteiger partial charge >= 0.3 is 12.1 Å². The maximum Gasteiger partial charge on any atom is 0.410 e. The lowest BCUT2D eigenvalue weighted by Crippen LogP contribution is -2.35. The number of ether oxygens (including phenoxy) is 1. The van der Waals surface area contributed by atoms with Gasteiger partial charge in [0.15, 0.2) is 0 Å². The first-order valence-corrected chi connectivity index (χ1v) is 7.14. The third kappa shape index (κ3) is 6.62. The van der Waals surface area contributed by atoms with Crippen LogP contribution in [-0.2, 0) is 11.3 Å². The van der Waals surface area contributed by atoms with Crippen molar-refractivity contribution >= 4 is 12.1 Å². The van der Waals surface area contributed by atoms with Crippen molar-refractivity contribution in [3.8, 4) is 0 Å². The summed E-state index contributed by atoms with van der Waals surface area (Å²) < 4.78 is 10.4. The molecule has 0 spiro atoms. The van der Waals surface area contributed by atoms with Crippen LogP contribution in [0.3, 0.4) is 0 Å². The SMILES string of the molecule is CN(CCCNCc1cc(C(=O)O)co1)C(=O)OC(C)(C)C. The fourth-order valence-electron chi connectivity index (χ4n) is 1.67. The number of hydrogen-bond donors (Lipinski definition) is 2. The number of hydrogen-bond acceptors (Lipinski definition) is 5. The van der Waals surface area contributed by atoms with Crippen molar-refractivity contribution in [2.24, 2.45) is 0 Å². The van der Waals surface area contributed by atoms with E-state index in [1.165, 1.54) is 17.2 Å². The largest absolute Gasteiger partial charge is 0.478 e. The fraction of sp³-hybridized carbons (Fsp3) is 0.600. The van der Waals surface area contributed by atoms with E-state index in [0.717, 1.165) is 6.42 Å². The summed E-state index contributed by atoms with van der Waals surface area (Å²) in [6, 6.07) is 1.49. The molecule has 0 bridgehead atoms. The smallest absolute Gasteiger partial charge is 0.410 e. The number of nitrogens with one attached hydrogen (secondary N) is 1. The van der Waals surface area contributed by atoms with Crippen molar-refractivity contribution in [1.82, 2.24) is 10.2 Å². The van der Waals surface area contributed by atoms with Gasteiger partial charge in [-0.05, 0) is 39.8 Å². The Bertz CT molecular complexity index is 504. The molecule has 7 heteroatoms. The van der Waals surface area contributed by atoms with Crippen LogP contribution in [0.1, 0.15) is 43.3 Å². The molecule has 1 heterocycles. The molecule has 0 unspecified atom stereocenters. The van der Waals surface area contributed by atoms with E-state index >= 15 is 0 Å². The monoisotopic (exact) mass is 312 g/mol. The second-order valence-electron chi connectivity index (χ2n) is 6.04. The van der Waals surface area contributed by atoms with E-state index in [4.69, 9.17) is 14.3 Å². The average Bonchev–Trinajstić information content (AvgIpc) is 2.85. The van der Waals surface area contributed by atoms with E-state index in [9.17, 15) is 9.59 Å². The lowest BCUT2D eigenvalue weighted by molar-refractivity contribution is 0.0297. The Morgan fingerprint density at radius 2 is 2.09 bits per heavy atom. The zero-order valence-corrected chi connectivity index (χ0v) is 13.5. The van der Waals surface area contributed by atoms with E-state index < -0.39 is 11.6 Å². The molecule has 0 saturated carbocycles. The summed E-state index contributed by atoms with van der Waals surface area (Å²) in [6.45, 7) is 7.18. The van der Waals surface area contributed by atoms with Gasteiger partial charge in [-0.3, -0.25) is 0 Å². The number of aromatic carboxylic acids is 1. The van der Waals surface area contributed by atoms with Crippen molar-refractivity contribution in [3.63, 3.8) is 0 Å². The molecule has 1 rings (SSSR count). The molecule has 1 aromatic rings. The van der Waals surface area contributed by atoms with Gasteiger partial charge < -0.3 is 24.5 Å². The van der Waals surface area contributed by atoms with E-state index in [1.54, 1.807) is 7.05 Å². The minimum atomic E-state index is -1.01. The molecule has 7 nitrogen and oxygen atoms in total. The van der Waals surface area contributed by atoms with Gasteiger partial charge in [0.05, 0.1) is 12.1 Å². The zero-order chi connectivity index (χ0) is 16.8. The first kappa shape index (κ1) is 18.0. The Morgan fingerprint density at radius 1 is 1.41 bits per heavy atom. The summed E-state index contributed by atoms with van der Waals surface area (Å²) in [4.78, 5) is 24.0. The van der Waals surface area contributed by atoms with Crippen LogP contribution >= 0.6 is 0 Å². The van der Waals surface area contributed by atoms with Gasteiger partial charge in [-0.25, -0.2) is 9.59 Å². The molecule has 2 N–H and O–H groups in total. The second kappa shape index (κ2) is 7.84. The number of furan rings is 1. The molecule has 124 valence electrons. The number of amides is 1. The number of carboxylic acids is 1. The molecule has 0 fully saturated rings. The standard InChI is InChI=1S/C15H24N2O5/c1-15(2,3)22-14(20)17(4)7-5-6-16-9-12-8-11(10-21-12)13(18)19/h8,10,16H,5-7,9H2,1-4H3,(H,18,19). The quantitative estimate of drug-likeness (QED) is 0.751. The van der Waals surface area contributed by atoms with Gasteiger partial charge in [0.2, 0.25) is 0 Å². The highest BCUT2D eigenvalue weighted by Gasteiger charge is 2.19. The van der Waals surface area contributed by atoms with Crippen molar-refractivity contribution < 1.29 is 23.8 Å². The number of rotatable bonds is 7. The van der Waals surface area contributed by atoms with Gasteiger partial charge in [-0.15, -0.1) is 0 Å². The summed E-state index contributed by atoms with van der Waals surface area (Å²) in [5.41, 5.74) is -0.355. The van der Waals surface area contributed by atoms with Crippen LogP contribution < -0.4 is 5.32 Å². The van der Waals surface area contributed by atoms with Crippen LogP contribution in [0.15, 0.2) is 16.7 Å². The van der Waals surface area contributed by atoms with Gasteiger partial charge in [0.1, 0.15) is 17.6 Å². The minimum absolute atomic E-state index is 0.140. The van der Waals surface area contributed by atoms with Gasteiger partial charge in [-0.1, -0.05) is 0 Å². The van der Waals surface area contributed by atoms with Crippen molar-refractivity contribution in [3.05, 3.63) is 23.7 Å². The molecule has 0 radical (unpaired) electrons. The molecule has 22 heavy (non-hydrogen) atoms. The number of carboxylic acid groups (broad SMARTS) is 1. The second-order valence-corrected chi connectivity index (χ2v) is 6.04. The van der Waals surface area contributed by atoms with Crippen molar-refractivity contribution in [2.75, 3.05) is 20.1 Å². The molecule has 1 amide bonds.